The first-order valence-corrected chi connectivity index (χ1v) is 10.1. The van der Waals surface area contributed by atoms with E-state index in [9.17, 15) is 0 Å². The van der Waals surface area contributed by atoms with Crippen LogP contribution in [0.3, 0.4) is 0 Å². The molecule has 0 saturated carbocycles. The van der Waals surface area contributed by atoms with Gasteiger partial charge in [-0.3, -0.25) is 4.90 Å². The van der Waals surface area contributed by atoms with Gasteiger partial charge < -0.3 is 13.9 Å². The van der Waals surface area contributed by atoms with E-state index in [0.29, 0.717) is 23.3 Å². The molecule has 29 heavy (non-hydrogen) atoms. The Hall–Kier alpha value is -2.79. The number of methoxy groups -OCH3 is 2. The molecule has 152 valence electrons. The van der Waals surface area contributed by atoms with Gasteiger partial charge in [0.05, 0.1) is 19.9 Å². The maximum atomic E-state index is 5.99. The molecular weight excluding hydrogens is 364 g/mol. The first kappa shape index (κ1) is 19.5. The molecule has 2 aromatic carbocycles. The zero-order chi connectivity index (χ0) is 20.2. The summed E-state index contributed by atoms with van der Waals surface area (Å²) < 4.78 is 16.7. The van der Waals surface area contributed by atoms with Crippen LogP contribution in [0, 0.1) is 6.92 Å². The van der Waals surface area contributed by atoms with E-state index >= 15 is 0 Å². The number of nitrogens with zero attached hydrogens (tertiary/aromatic N) is 2. The molecule has 4 rings (SSSR count). The first-order chi connectivity index (χ1) is 14.2. The lowest BCUT2D eigenvalue weighted by Crippen LogP contribution is -2.34. The maximum absolute atomic E-state index is 5.99. The van der Waals surface area contributed by atoms with Crippen molar-refractivity contribution in [1.82, 2.24) is 9.88 Å². The number of benzene rings is 2. The van der Waals surface area contributed by atoms with Gasteiger partial charge in [-0.05, 0) is 56.0 Å². The van der Waals surface area contributed by atoms with E-state index in [1.54, 1.807) is 14.2 Å². The molecule has 0 unspecified atom stereocenters. The first-order valence-electron chi connectivity index (χ1n) is 10.1. The van der Waals surface area contributed by atoms with Crippen molar-refractivity contribution in [3.63, 3.8) is 0 Å². The normalized spacial score (nSPS) is 17.3. The molecule has 1 aliphatic rings. The molecule has 1 fully saturated rings. The third-order valence-corrected chi connectivity index (χ3v) is 5.67. The molecule has 2 heterocycles. The van der Waals surface area contributed by atoms with Gasteiger partial charge in [0.25, 0.3) is 0 Å². The zero-order valence-corrected chi connectivity index (χ0v) is 17.4. The molecule has 0 spiro atoms. The molecule has 0 N–H and O–H groups in total. The summed E-state index contributed by atoms with van der Waals surface area (Å²) in [6, 6.07) is 16.6. The fourth-order valence-electron chi connectivity index (χ4n) is 4.08. The average molecular weight is 392 g/mol. The van der Waals surface area contributed by atoms with E-state index in [0.717, 1.165) is 36.7 Å². The van der Waals surface area contributed by atoms with Gasteiger partial charge in [-0.2, -0.15) is 0 Å². The minimum Gasteiger partial charge on any atom is -0.493 e. The molecule has 0 bridgehead atoms. The van der Waals surface area contributed by atoms with Crippen LogP contribution in [0.5, 0.6) is 11.5 Å². The van der Waals surface area contributed by atoms with E-state index in [-0.39, 0.29) is 0 Å². The van der Waals surface area contributed by atoms with E-state index in [1.807, 2.05) is 25.1 Å². The van der Waals surface area contributed by atoms with Crippen molar-refractivity contribution in [3.05, 3.63) is 65.5 Å². The van der Waals surface area contributed by atoms with Gasteiger partial charge in [0.15, 0.2) is 11.5 Å². The number of hydrogen-bond donors (Lipinski definition) is 0. The predicted octanol–water partition coefficient (Wildman–Crippen LogP) is 5.05. The molecule has 0 aliphatic carbocycles. The molecule has 0 radical (unpaired) electrons. The predicted molar refractivity (Wildman–Crippen MR) is 113 cm³/mol. The van der Waals surface area contributed by atoms with Crippen LogP contribution in [0.2, 0.25) is 0 Å². The molecule has 0 amide bonds. The zero-order valence-electron chi connectivity index (χ0n) is 17.4. The van der Waals surface area contributed by atoms with E-state index < -0.39 is 0 Å². The van der Waals surface area contributed by atoms with Gasteiger partial charge in [-0.1, -0.05) is 30.3 Å². The van der Waals surface area contributed by atoms with Crippen molar-refractivity contribution in [1.29, 1.82) is 0 Å². The van der Waals surface area contributed by atoms with Crippen molar-refractivity contribution in [2.75, 3.05) is 27.3 Å². The highest BCUT2D eigenvalue weighted by molar-refractivity contribution is 5.60. The third kappa shape index (κ3) is 4.30. The number of aryl methyl sites for hydroxylation is 1. The molecule has 1 aliphatic heterocycles. The standard InChI is InChI=1S/C24H28N2O3/c1-17-21(16-26-13-7-10-20(15-26)18-8-5-4-6-9-18)25-24(29-17)19-11-12-22(27-2)23(14-19)28-3/h4-6,8-9,11-12,14,20H,7,10,13,15-16H2,1-3H3/t20-/m1/s1. The van der Waals surface area contributed by atoms with Crippen LogP contribution in [0.4, 0.5) is 0 Å². The van der Waals surface area contributed by atoms with Gasteiger partial charge in [0.1, 0.15) is 5.76 Å². The van der Waals surface area contributed by atoms with E-state index in [1.165, 1.54) is 18.4 Å². The summed E-state index contributed by atoms with van der Waals surface area (Å²) >= 11 is 0. The minimum atomic E-state index is 0.586. The summed E-state index contributed by atoms with van der Waals surface area (Å²) in [6.07, 6.45) is 2.45. The summed E-state index contributed by atoms with van der Waals surface area (Å²) in [4.78, 5) is 7.29. The Kier molecular flexibility index (Phi) is 5.86. The Labute approximate surface area is 172 Å². The van der Waals surface area contributed by atoms with Crippen LogP contribution in [0.15, 0.2) is 52.9 Å². The van der Waals surface area contributed by atoms with Crippen molar-refractivity contribution >= 4 is 0 Å². The molecule has 5 nitrogen and oxygen atoms in total. The lowest BCUT2D eigenvalue weighted by molar-refractivity contribution is 0.197. The second-order valence-electron chi connectivity index (χ2n) is 7.58. The molecule has 1 atom stereocenters. The van der Waals surface area contributed by atoms with E-state index in [4.69, 9.17) is 18.9 Å². The summed E-state index contributed by atoms with van der Waals surface area (Å²) in [5, 5.41) is 0. The molecular formula is C24H28N2O3. The van der Waals surface area contributed by atoms with Crippen molar-refractivity contribution in [2.45, 2.75) is 32.2 Å². The smallest absolute Gasteiger partial charge is 0.226 e. The monoisotopic (exact) mass is 392 g/mol. The Balaban J connectivity index is 1.50. The molecule has 3 aromatic rings. The number of piperidine rings is 1. The number of aromatic nitrogens is 1. The largest absolute Gasteiger partial charge is 0.493 e. The van der Waals surface area contributed by atoms with Crippen LogP contribution in [0.1, 0.15) is 35.8 Å². The molecule has 1 aromatic heterocycles. The fourth-order valence-corrected chi connectivity index (χ4v) is 4.08. The highest BCUT2D eigenvalue weighted by Gasteiger charge is 2.23. The van der Waals surface area contributed by atoms with Crippen molar-refractivity contribution < 1.29 is 13.9 Å². The second kappa shape index (κ2) is 8.70. The lowest BCUT2D eigenvalue weighted by Gasteiger charge is -2.32. The third-order valence-electron chi connectivity index (χ3n) is 5.67. The number of ether oxygens (including phenoxy) is 2. The summed E-state index contributed by atoms with van der Waals surface area (Å²) in [6.45, 7) is 4.96. The maximum Gasteiger partial charge on any atom is 0.226 e. The Bertz CT molecular complexity index is 952. The molecule has 1 saturated heterocycles. The topological polar surface area (TPSA) is 47.7 Å². The minimum absolute atomic E-state index is 0.586. The quantitative estimate of drug-likeness (QED) is 0.588. The van der Waals surface area contributed by atoms with E-state index in [2.05, 4.69) is 35.2 Å². The van der Waals surface area contributed by atoms with Crippen LogP contribution >= 0.6 is 0 Å². The van der Waals surface area contributed by atoms with Crippen LogP contribution < -0.4 is 9.47 Å². The van der Waals surface area contributed by atoms with Crippen molar-refractivity contribution in [3.8, 4) is 23.0 Å². The summed E-state index contributed by atoms with van der Waals surface area (Å²) in [5.41, 5.74) is 3.32. The summed E-state index contributed by atoms with van der Waals surface area (Å²) in [5.74, 6) is 3.44. The van der Waals surface area contributed by atoms with Crippen LogP contribution in [-0.4, -0.2) is 37.2 Å². The number of likely N-dealkylation sites (tertiary alicyclic amines) is 1. The number of oxazole rings is 1. The highest BCUT2D eigenvalue weighted by Crippen LogP contribution is 2.33. The number of rotatable bonds is 6. The van der Waals surface area contributed by atoms with Crippen molar-refractivity contribution in [2.24, 2.45) is 0 Å². The SMILES string of the molecule is COc1ccc(-c2nc(CN3CCC[C@@H](c4ccccc4)C3)c(C)o2)cc1OC. The van der Waals surface area contributed by atoms with Gasteiger partial charge in [0, 0.05) is 18.7 Å². The summed E-state index contributed by atoms with van der Waals surface area (Å²) in [7, 11) is 3.26. The highest BCUT2D eigenvalue weighted by atomic mass is 16.5. The second-order valence-corrected chi connectivity index (χ2v) is 7.58. The Morgan fingerprint density at radius 3 is 2.62 bits per heavy atom. The average Bonchev–Trinajstić information content (AvgIpc) is 3.14. The molecule has 5 heteroatoms. The van der Waals surface area contributed by atoms with Gasteiger partial charge >= 0.3 is 0 Å². The lowest BCUT2D eigenvalue weighted by atomic mass is 9.90. The van der Waals surface area contributed by atoms with Gasteiger partial charge in [0.2, 0.25) is 5.89 Å². The van der Waals surface area contributed by atoms with Crippen LogP contribution in [0.25, 0.3) is 11.5 Å². The number of hydrogen-bond acceptors (Lipinski definition) is 5. The van der Waals surface area contributed by atoms with Crippen LogP contribution in [-0.2, 0) is 6.54 Å². The van der Waals surface area contributed by atoms with Gasteiger partial charge in [-0.25, -0.2) is 4.98 Å². The Morgan fingerprint density at radius 1 is 1.07 bits per heavy atom. The van der Waals surface area contributed by atoms with Gasteiger partial charge in [-0.15, -0.1) is 0 Å². The Morgan fingerprint density at radius 2 is 1.86 bits per heavy atom. The fraction of sp³-hybridized carbons (Fsp3) is 0.375.